The highest BCUT2D eigenvalue weighted by atomic mass is 32.1. The summed E-state index contributed by atoms with van der Waals surface area (Å²) in [6.07, 6.45) is 6.22. The average molecular weight is 376 g/mol. The summed E-state index contributed by atoms with van der Waals surface area (Å²) in [6, 6.07) is 1.81. The summed E-state index contributed by atoms with van der Waals surface area (Å²) >= 11 is 1.60. The first-order valence-corrected chi connectivity index (χ1v) is 10.1. The van der Waals surface area contributed by atoms with Crippen molar-refractivity contribution in [1.82, 2.24) is 19.9 Å². The summed E-state index contributed by atoms with van der Waals surface area (Å²) in [7, 11) is 0. The minimum Gasteiger partial charge on any atom is -0.393 e. The Kier molecular flexibility index (Phi) is 5.33. The van der Waals surface area contributed by atoms with E-state index in [9.17, 15) is 9.90 Å². The number of hydrogen-bond acceptors (Lipinski definition) is 7. The lowest BCUT2D eigenvalue weighted by molar-refractivity contribution is 0.0599. The predicted molar refractivity (Wildman–Crippen MR) is 96.8 cm³/mol. The van der Waals surface area contributed by atoms with Crippen molar-refractivity contribution in [3.63, 3.8) is 0 Å². The van der Waals surface area contributed by atoms with Gasteiger partial charge in [0.15, 0.2) is 11.5 Å². The zero-order chi connectivity index (χ0) is 17.9. The molecule has 1 N–H and O–H groups in total. The van der Waals surface area contributed by atoms with Crippen LogP contribution in [0.1, 0.15) is 59.4 Å². The molecule has 1 amide bonds. The van der Waals surface area contributed by atoms with Crippen LogP contribution in [0.2, 0.25) is 0 Å². The normalized spacial score (nSPS) is 22.7. The van der Waals surface area contributed by atoms with Crippen molar-refractivity contribution in [2.24, 2.45) is 0 Å². The molecule has 0 aromatic carbocycles. The highest BCUT2D eigenvalue weighted by Crippen LogP contribution is 2.33. The van der Waals surface area contributed by atoms with Gasteiger partial charge in [-0.1, -0.05) is 5.16 Å². The Morgan fingerprint density at radius 1 is 1.27 bits per heavy atom. The Bertz CT molecular complexity index is 725. The van der Waals surface area contributed by atoms with Crippen LogP contribution in [0.4, 0.5) is 0 Å². The number of hydrogen-bond donors (Lipinski definition) is 1. The van der Waals surface area contributed by atoms with Gasteiger partial charge in [-0.05, 0) is 32.1 Å². The second-order valence-corrected chi connectivity index (χ2v) is 7.99. The van der Waals surface area contributed by atoms with Gasteiger partial charge < -0.3 is 14.5 Å². The zero-order valence-electron chi connectivity index (χ0n) is 14.7. The van der Waals surface area contributed by atoms with Crippen molar-refractivity contribution in [2.45, 2.75) is 50.8 Å². The predicted octanol–water partition coefficient (Wildman–Crippen LogP) is 2.46. The van der Waals surface area contributed by atoms with Crippen molar-refractivity contribution >= 4 is 17.2 Å². The van der Waals surface area contributed by atoms with Crippen LogP contribution in [0.3, 0.4) is 0 Å². The van der Waals surface area contributed by atoms with Crippen LogP contribution < -0.4 is 0 Å². The lowest BCUT2D eigenvalue weighted by atomic mass is 10.0. The summed E-state index contributed by atoms with van der Waals surface area (Å²) in [6.45, 7) is 3.03. The van der Waals surface area contributed by atoms with Gasteiger partial charge >= 0.3 is 0 Å². The summed E-state index contributed by atoms with van der Waals surface area (Å²) in [5.41, 5.74) is 0.375. The molecule has 0 aliphatic carbocycles. The summed E-state index contributed by atoms with van der Waals surface area (Å²) in [5, 5.41) is 16.6. The number of aliphatic hydroxyl groups is 1. The minimum atomic E-state index is -0.194. The number of carbonyl (C=O) groups excluding carboxylic acids is 1. The Labute approximate surface area is 156 Å². The van der Waals surface area contributed by atoms with Crippen LogP contribution >= 0.6 is 11.3 Å². The Balaban J connectivity index is 1.43. The molecule has 0 unspecified atom stereocenters. The third-order valence-corrected chi connectivity index (χ3v) is 6.09. The zero-order valence-corrected chi connectivity index (χ0v) is 15.5. The van der Waals surface area contributed by atoms with Gasteiger partial charge in [-0.25, -0.2) is 4.98 Å². The molecule has 0 saturated carbocycles. The summed E-state index contributed by atoms with van der Waals surface area (Å²) in [5.74, 6) is 0.626. The molecule has 2 saturated heterocycles. The molecule has 4 rings (SSSR count). The second-order valence-electron chi connectivity index (χ2n) is 7.07. The van der Waals surface area contributed by atoms with Gasteiger partial charge in [0.2, 0.25) is 0 Å². The maximum atomic E-state index is 13.0. The summed E-state index contributed by atoms with van der Waals surface area (Å²) < 4.78 is 5.42. The van der Waals surface area contributed by atoms with Gasteiger partial charge in [0.1, 0.15) is 5.01 Å². The Hall–Kier alpha value is -1.77. The number of carbonyl (C=O) groups is 1. The first kappa shape index (κ1) is 17.6. The van der Waals surface area contributed by atoms with Crippen molar-refractivity contribution in [1.29, 1.82) is 0 Å². The molecule has 1 atom stereocenters. The van der Waals surface area contributed by atoms with Gasteiger partial charge in [0, 0.05) is 37.3 Å². The Morgan fingerprint density at radius 3 is 2.88 bits per heavy atom. The fraction of sp³-hybridized carbons (Fsp3) is 0.611. The van der Waals surface area contributed by atoms with E-state index in [1.807, 2.05) is 10.3 Å². The SMILES string of the molecule is O=C(c1cc(CN2CCC(O)CC2)on1)N1CCCC[C@@H]1c1nccs1. The Morgan fingerprint density at radius 2 is 2.12 bits per heavy atom. The topological polar surface area (TPSA) is 82.7 Å². The molecule has 2 aliphatic rings. The summed E-state index contributed by atoms with van der Waals surface area (Å²) in [4.78, 5) is 21.5. The van der Waals surface area contributed by atoms with E-state index < -0.39 is 0 Å². The lowest BCUT2D eigenvalue weighted by Gasteiger charge is -2.33. The van der Waals surface area contributed by atoms with Crippen LogP contribution in [-0.2, 0) is 6.54 Å². The van der Waals surface area contributed by atoms with Crippen molar-refractivity contribution in [3.05, 3.63) is 34.1 Å². The van der Waals surface area contributed by atoms with Gasteiger partial charge in [0.25, 0.3) is 5.91 Å². The molecule has 26 heavy (non-hydrogen) atoms. The smallest absolute Gasteiger partial charge is 0.276 e. The third-order valence-electron chi connectivity index (χ3n) is 5.21. The number of aromatic nitrogens is 2. The first-order valence-electron chi connectivity index (χ1n) is 9.27. The third kappa shape index (κ3) is 3.82. The van der Waals surface area contributed by atoms with E-state index in [1.165, 1.54) is 0 Å². The van der Waals surface area contributed by atoms with Gasteiger partial charge in [-0.3, -0.25) is 9.69 Å². The number of aliphatic hydroxyl groups excluding tert-OH is 1. The highest BCUT2D eigenvalue weighted by molar-refractivity contribution is 7.09. The molecule has 4 heterocycles. The molecular formula is C18H24N4O3S. The first-order chi connectivity index (χ1) is 12.7. The average Bonchev–Trinajstić information content (AvgIpc) is 3.35. The number of nitrogens with zero attached hydrogens (tertiary/aromatic N) is 4. The monoisotopic (exact) mass is 376 g/mol. The molecule has 140 valence electrons. The van der Waals surface area contributed by atoms with E-state index in [2.05, 4.69) is 15.0 Å². The van der Waals surface area contributed by atoms with Crippen molar-refractivity contribution in [3.8, 4) is 0 Å². The van der Waals surface area contributed by atoms with E-state index in [0.29, 0.717) is 18.0 Å². The number of piperidine rings is 2. The molecule has 2 aromatic rings. The number of likely N-dealkylation sites (tertiary alicyclic amines) is 2. The molecule has 0 spiro atoms. The number of rotatable bonds is 4. The standard InChI is InChI=1S/C18H24N4O3S/c23-13-4-8-21(9-5-13)12-14-11-15(20-25-14)18(24)22-7-2-1-3-16(22)17-19-6-10-26-17/h6,10-11,13,16,23H,1-5,7-9,12H2/t16-/m1/s1. The minimum absolute atomic E-state index is 0.0417. The molecular weight excluding hydrogens is 352 g/mol. The van der Waals surface area contributed by atoms with Crippen LogP contribution in [0.25, 0.3) is 0 Å². The van der Waals surface area contributed by atoms with E-state index in [-0.39, 0.29) is 18.1 Å². The number of thiazole rings is 1. The molecule has 2 fully saturated rings. The van der Waals surface area contributed by atoms with Crippen molar-refractivity contribution < 1.29 is 14.4 Å². The quantitative estimate of drug-likeness (QED) is 0.883. The molecule has 2 aliphatic heterocycles. The van der Waals surface area contributed by atoms with Crippen LogP contribution in [0.5, 0.6) is 0 Å². The largest absolute Gasteiger partial charge is 0.393 e. The molecule has 7 nitrogen and oxygen atoms in total. The molecule has 8 heteroatoms. The number of amides is 1. The van der Waals surface area contributed by atoms with Gasteiger partial charge in [0.05, 0.1) is 18.7 Å². The maximum absolute atomic E-state index is 13.0. The highest BCUT2D eigenvalue weighted by Gasteiger charge is 2.32. The van der Waals surface area contributed by atoms with Crippen molar-refractivity contribution in [2.75, 3.05) is 19.6 Å². The lowest BCUT2D eigenvalue weighted by Crippen LogP contribution is -2.38. The van der Waals surface area contributed by atoms with Crippen LogP contribution in [0.15, 0.2) is 22.2 Å². The molecule has 0 bridgehead atoms. The molecule has 0 radical (unpaired) electrons. The maximum Gasteiger partial charge on any atom is 0.276 e. The fourth-order valence-electron chi connectivity index (χ4n) is 3.76. The van der Waals surface area contributed by atoms with E-state index in [1.54, 1.807) is 23.6 Å². The van der Waals surface area contributed by atoms with Gasteiger partial charge in [-0.15, -0.1) is 11.3 Å². The van der Waals surface area contributed by atoms with E-state index in [0.717, 1.165) is 56.7 Å². The van der Waals surface area contributed by atoms with Gasteiger partial charge in [-0.2, -0.15) is 0 Å². The van der Waals surface area contributed by atoms with E-state index >= 15 is 0 Å². The van der Waals surface area contributed by atoms with Crippen LogP contribution in [0, 0.1) is 0 Å². The fourth-order valence-corrected chi connectivity index (χ4v) is 4.55. The second kappa shape index (κ2) is 7.85. The van der Waals surface area contributed by atoms with E-state index in [4.69, 9.17) is 4.52 Å². The van der Waals surface area contributed by atoms with Crippen LogP contribution in [-0.4, -0.2) is 56.7 Å². The molecule has 2 aromatic heterocycles.